The molecular weight excluding hydrogens is 359 g/mol. The van der Waals surface area contributed by atoms with E-state index in [-0.39, 0.29) is 16.9 Å². The molecule has 0 atom stereocenters. The molecule has 0 fully saturated rings. The van der Waals surface area contributed by atoms with Crippen molar-refractivity contribution in [2.24, 2.45) is 0 Å². The van der Waals surface area contributed by atoms with Crippen LogP contribution < -0.4 is 0 Å². The van der Waals surface area contributed by atoms with E-state index in [0.29, 0.717) is 0 Å². The fourth-order valence-electron chi connectivity index (χ4n) is 1.84. The molecule has 2 rings (SSSR count). The van der Waals surface area contributed by atoms with Crippen molar-refractivity contribution >= 4 is 31.6 Å². The maximum absolute atomic E-state index is 13.4. The van der Waals surface area contributed by atoms with Gasteiger partial charge in [-0.1, -0.05) is 34.1 Å². The number of Topliss-reactive ketones (excluding diaryl/α,β-unsaturated/α-hetero) is 1. The molecule has 0 aromatic heterocycles. The van der Waals surface area contributed by atoms with Crippen molar-refractivity contribution in [2.75, 3.05) is 5.75 Å². The third kappa shape index (κ3) is 4.22. The van der Waals surface area contributed by atoms with Crippen LogP contribution in [0.5, 0.6) is 0 Å². The van der Waals surface area contributed by atoms with Crippen LogP contribution in [0, 0.1) is 5.82 Å². The quantitative estimate of drug-likeness (QED) is 0.811. The first-order valence-corrected chi connectivity index (χ1v) is 8.56. The largest absolute Gasteiger partial charge is 0.298 e. The van der Waals surface area contributed by atoms with Crippen LogP contribution in [0.2, 0.25) is 0 Å². The molecule has 0 bridgehead atoms. The predicted molar refractivity (Wildman–Crippen MR) is 81.3 cm³/mol. The van der Waals surface area contributed by atoms with Crippen molar-refractivity contribution in [3.05, 3.63) is 64.4 Å². The van der Waals surface area contributed by atoms with Crippen molar-refractivity contribution in [1.29, 1.82) is 0 Å². The molecule has 6 heteroatoms. The highest BCUT2D eigenvalue weighted by Gasteiger charge is 2.20. The van der Waals surface area contributed by atoms with E-state index in [0.717, 1.165) is 4.47 Å². The van der Waals surface area contributed by atoms with Crippen LogP contribution in [0.1, 0.15) is 5.56 Å². The highest BCUT2D eigenvalue weighted by Crippen LogP contribution is 2.17. The Hall–Kier alpha value is -1.53. The number of ketones is 1. The Bertz CT molecular complexity index is 755. The van der Waals surface area contributed by atoms with Crippen LogP contribution in [0.4, 0.5) is 4.39 Å². The van der Waals surface area contributed by atoms with Crippen LogP contribution in [-0.2, 0) is 21.1 Å². The Morgan fingerprint density at radius 1 is 1.05 bits per heavy atom. The van der Waals surface area contributed by atoms with Crippen LogP contribution in [-0.4, -0.2) is 20.0 Å². The summed E-state index contributed by atoms with van der Waals surface area (Å²) in [5.41, 5.74) is 0.202. The summed E-state index contributed by atoms with van der Waals surface area (Å²) in [6.45, 7) is 0. The minimum absolute atomic E-state index is 0.0765. The highest BCUT2D eigenvalue weighted by atomic mass is 79.9. The molecule has 3 nitrogen and oxygen atoms in total. The second-order valence-electron chi connectivity index (χ2n) is 4.52. The molecule has 0 aliphatic carbocycles. The topological polar surface area (TPSA) is 51.2 Å². The van der Waals surface area contributed by atoms with Gasteiger partial charge in [0.25, 0.3) is 0 Å². The lowest BCUT2D eigenvalue weighted by atomic mass is 10.1. The van der Waals surface area contributed by atoms with E-state index >= 15 is 0 Å². The number of hydrogen-bond acceptors (Lipinski definition) is 3. The van der Waals surface area contributed by atoms with Gasteiger partial charge in [-0.25, -0.2) is 12.8 Å². The molecule has 0 saturated heterocycles. The van der Waals surface area contributed by atoms with Gasteiger partial charge in [0, 0.05) is 10.9 Å². The van der Waals surface area contributed by atoms with Crippen LogP contribution in [0.25, 0.3) is 0 Å². The molecule has 0 amide bonds. The Morgan fingerprint density at radius 3 is 2.29 bits per heavy atom. The SMILES string of the molecule is O=C(Cc1ccccc1F)CS(=O)(=O)c1ccc(Br)cc1. The number of carbonyl (C=O) groups excluding carboxylic acids is 1. The fraction of sp³-hybridized carbons (Fsp3) is 0.133. The molecule has 0 unspecified atom stereocenters. The van der Waals surface area contributed by atoms with Crippen LogP contribution in [0.15, 0.2) is 57.9 Å². The Kier molecular flexibility index (Phi) is 4.90. The van der Waals surface area contributed by atoms with Gasteiger partial charge < -0.3 is 0 Å². The third-order valence-electron chi connectivity index (χ3n) is 2.87. The summed E-state index contributed by atoms with van der Waals surface area (Å²) in [6.07, 6.45) is -0.234. The van der Waals surface area contributed by atoms with Crippen molar-refractivity contribution < 1.29 is 17.6 Å². The van der Waals surface area contributed by atoms with Gasteiger partial charge in [-0.05, 0) is 35.9 Å². The molecule has 0 saturated carbocycles. The number of hydrogen-bond donors (Lipinski definition) is 0. The average Bonchev–Trinajstić information content (AvgIpc) is 2.41. The number of carbonyl (C=O) groups is 1. The Labute approximate surface area is 130 Å². The Morgan fingerprint density at radius 2 is 1.67 bits per heavy atom. The maximum Gasteiger partial charge on any atom is 0.185 e. The van der Waals surface area contributed by atoms with Crippen molar-refractivity contribution in [2.45, 2.75) is 11.3 Å². The van der Waals surface area contributed by atoms with Crippen LogP contribution in [0.3, 0.4) is 0 Å². The van der Waals surface area contributed by atoms with Gasteiger partial charge in [-0.2, -0.15) is 0 Å². The lowest BCUT2D eigenvalue weighted by molar-refractivity contribution is -0.116. The minimum Gasteiger partial charge on any atom is -0.298 e. The van der Waals surface area contributed by atoms with E-state index < -0.39 is 27.2 Å². The smallest absolute Gasteiger partial charge is 0.185 e. The highest BCUT2D eigenvalue weighted by molar-refractivity contribution is 9.10. The summed E-state index contributed by atoms with van der Waals surface area (Å²) in [4.78, 5) is 11.9. The first-order valence-electron chi connectivity index (χ1n) is 6.12. The van der Waals surface area contributed by atoms with E-state index in [9.17, 15) is 17.6 Å². The number of benzene rings is 2. The number of halogens is 2. The normalized spacial score (nSPS) is 11.3. The van der Waals surface area contributed by atoms with Crippen LogP contribution >= 0.6 is 15.9 Å². The first kappa shape index (κ1) is 15.9. The summed E-state index contributed by atoms with van der Waals surface area (Å²) in [5, 5.41) is 0. The summed E-state index contributed by atoms with van der Waals surface area (Å²) < 4.78 is 38.4. The molecular formula is C15H12BrFO3S. The maximum atomic E-state index is 13.4. The van der Waals surface area contributed by atoms with E-state index in [1.807, 2.05) is 0 Å². The van der Waals surface area contributed by atoms with E-state index in [2.05, 4.69) is 15.9 Å². The standard InChI is InChI=1S/C15H12BrFO3S/c16-12-5-7-14(8-6-12)21(19,20)10-13(18)9-11-3-1-2-4-15(11)17/h1-8H,9-10H2. The summed E-state index contributed by atoms with van der Waals surface area (Å²) in [5.74, 6) is -1.68. The van der Waals surface area contributed by atoms with Gasteiger partial charge in [-0.3, -0.25) is 4.79 Å². The lowest BCUT2D eigenvalue weighted by Gasteiger charge is -2.05. The van der Waals surface area contributed by atoms with Gasteiger partial charge in [0.15, 0.2) is 15.6 Å². The average molecular weight is 371 g/mol. The second kappa shape index (κ2) is 6.49. The molecule has 110 valence electrons. The summed E-state index contributed by atoms with van der Waals surface area (Å²) in [6, 6.07) is 11.9. The zero-order chi connectivity index (χ0) is 15.5. The zero-order valence-electron chi connectivity index (χ0n) is 10.9. The molecule has 2 aromatic carbocycles. The van der Waals surface area contributed by atoms with E-state index in [4.69, 9.17) is 0 Å². The van der Waals surface area contributed by atoms with Gasteiger partial charge in [-0.15, -0.1) is 0 Å². The number of sulfone groups is 1. The fourth-order valence-corrected chi connectivity index (χ4v) is 3.35. The van der Waals surface area contributed by atoms with Gasteiger partial charge in [0.2, 0.25) is 0 Å². The van der Waals surface area contributed by atoms with Gasteiger partial charge in [0.1, 0.15) is 11.6 Å². The summed E-state index contributed by atoms with van der Waals surface area (Å²) in [7, 11) is -3.70. The molecule has 0 aliphatic rings. The lowest BCUT2D eigenvalue weighted by Crippen LogP contribution is -2.18. The summed E-state index contributed by atoms with van der Waals surface area (Å²) >= 11 is 3.21. The number of rotatable bonds is 5. The third-order valence-corrected chi connectivity index (χ3v) is 5.09. The predicted octanol–water partition coefficient (Wildman–Crippen LogP) is 3.17. The first-order chi connectivity index (χ1) is 9.88. The molecule has 0 N–H and O–H groups in total. The van der Waals surface area contributed by atoms with E-state index in [1.165, 1.54) is 30.3 Å². The molecule has 0 radical (unpaired) electrons. The Balaban J connectivity index is 2.12. The molecule has 0 heterocycles. The molecule has 21 heavy (non-hydrogen) atoms. The minimum atomic E-state index is -3.70. The van der Waals surface area contributed by atoms with Crippen molar-refractivity contribution in [3.63, 3.8) is 0 Å². The van der Waals surface area contributed by atoms with Gasteiger partial charge in [0.05, 0.1) is 4.90 Å². The zero-order valence-corrected chi connectivity index (χ0v) is 13.3. The van der Waals surface area contributed by atoms with Gasteiger partial charge >= 0.3 is 0 Å². The molecule has 0 aliphatic heterocycles. The molecule has 2 aromatic rings. The second-order valence-corrected chi connectivity index (χ2v) is 7.43. The van der Waals surface area contributed by atoms with Crippen molar-refractivity contribution in [1.82, 2.24) is 0 Å². The monoisotopic (exact) mass is 370 g/mol. The van der Waals surface area contributed by atoms with E-state index in [1.54, 1.807) is 18.2 Å². The molecule has 0 spiro atoms. The van der Waals surface area contributed by atoms with Crippen molar-refractivity contribution in [3.8, 4) is 0 Å².